The lowest BCUT2D eigenvalue weighted by Gasteiger charge is -2.29. The highest BCUT2D eigenvalue weighted by molar-refractivity contribution is 5.48. The first-order valence-electron chi connectivity index (χ1n) is 6.62. The highest BCUT2D eigenvalue weighted by Crippen LogP contribution is 2.23. The Morgan fingerprint density at radius 2 is 1.74 bits per heavy atom. The van der Waals surface area contributed by atoms with Crippen LogP contribution < -0.4 is 4.90 Å². The number of hydrogen-bond acceptors (Lipinski definition) is 5. The van der Waals surface area contributed by atoms with Gasteiger partial charge >= 0.3 is 0 Å². The monoisotopic (exact) mass is 267 g/mol. The van der Waals surface area contributed by atoms with Gasteiger partial charge in [0.2, 0.25) is 0 Å². The molecule has 0 aliphatic carbocycles. The second kappa shape index (κ2) is 6.86. The summed E-state index contributed by atoms with van der Waals surface area (Å²) in [5.74, 6) is 0. The second-order valence-corrected chi connectivity index (χ2v) is 4.72. The maximum Gasteiger partial charge on any atom is 0.105 e. The molecule has 0 spiro atoms. The molecular formula is C14H21NO4. The molecule has 1 aliphatic rings. The Hall–Kier alpha value is -1.14. The summed E-state index contributed by atoms with van der Waals surface area (Å²) in [6, 6.07) is 7.51. The van der Waals surface area contributed by atoms with Crippen molar-refractivity contribution in [1.29, 1.82) is 0 Å². The van der Waals surface area contributed by atoms with E-state index in [1.165, 1.54) is 0 Å². The van der Waals surface area contributed by atoms with Crippen LogP contribution in [0, 0.1) is 0 Å². The number of aliphatic hydroxyl groups is 3. The molecule has 106 valence electrons. The Morgan fingerprint density at radius 3 is 2.32 bits per heavy atom. The zero-order valence-corrected chi connectivity index (χ0v) is 10.9. The lowest BCUT2D eigenvalue weighted by molar-refractivity contribution is 0.00422. The van der Waals surface area contributed by atoms with Crippen molar-refractivity contribution in [3.63, 3.8) is 0 Å². The molecule has 3 N–H and O–H groups in total. The van der Waals surface area contributed by atoms with Gasteiger partial charge in [0.25, 0.3) is 0 Å². The zero-order valence-electron chi connectivity index (χ0n) is 10.9. The number of benzene rings is 1. The van der Waals surface area contributed by atoms with Crippen LogP contribution in [0.25, 0.3) is 0 Å². The molecular weight excluding hydrogens is 246 g/mol. The molecule has 0 amide bonds. The summed E-state index contributed by atoms with van der Waals surface area (Å²) in [6.45, 7) is 3.08. The minimum Gasteiger partial charge on any atom is -0.396 e. The van der Waals surface area contributed by atoms with Crippen molar-refractivity contribution in [2.45, 2.75) is 18.6 Å². The number of morpholine rings is 1. The van der Waals surface area contributed by atoms with Crippen LogP contribution in [-0.2, 0) is 4.74 Å². The smallest absolute Gasteiger partial charge is 0.105 e. The molecule has 1 aromatic rings. The number of hydrogen-bond donors (Lipinski definition) is 3. The molecule has 2 rings (SSSR count). The fraction of sp³-hybridized carbons (Fsp3) is 0.571. The van der Waals surface area contributed by atoms with E-state index in [-0.39, 0.29) is 13.0 Å². The van der Waals surface area contributed by atoms with E-state index in [1.807, 2.05) is 24.3 Å². The first-order chi connectivity index (χ1) is 9.22. The van der Waals surface area contributed by atoms with E-state index in [0.29, 0.717) is 5.56 Å². The highest BCUT2D eigenvalue weighted by atomic mass is 16.5. The summed E-state index contributed by atoms with van der Waals surface area (Å²) in [7, 11) is 0. The molecule has 5 heteroatoms. The normalized spacial score (nSPS) is 19.2. The van der Waals surface area contributed by atoms with Crippen molar-refractivity contribution < 1.29 is 20.1 Å². The summed E-state index contributed by atoms with van der Waals surface area (Å²) < 4.78 is 5.30. The number of rotatable bonds is 5. The fourth-order valence-corrected chi connectivity index (χ4v) is 2.22. The Labute approximate surface area is 113 Å². The molecule has 1 heterocycles. The van der Waals surface area contributed by atoms with Crippen LogP contribution in [0.5, 0.6) is 0 Å². The van der Waals surface area contributed by atoms with Crippen molar-refractivity contribution in [2.75, 3.05) is 37.8 Å². The van der Waals surface area contributed by atoms with Crippen molar-refractivity contribution in [1.82, 2.24) is 0 Å². The molecule has 1 aliphatic heterocycles. The third-order valence-electron chi connectivity index (χ3n) is 3.40. The van der Waals surface area contributed by atoms with Crippen LogP contribution in [0.4, 0.5) is 5.69 Å². The molecule has 5 nitrogen and oxygen atoms in total. The van der Waals surface area contributed by atoms with E-state index in [1.54, 1.807) is 0 Å². The largest absolute Gasteiger partial charge is 0.396 e. The Bertz CT molecular complexity index is 376. The number of ether oxygens (including phenoxy) is 1. The molecule has 2 unspecified atom stereocenters. The fourth-order valence-electron chi connectivity index (χ4n) is 2.22. The predicted molar refractivity (Wildman–Crippen MR) is 72.1 cm³/mol. The molecule has 1 aromatic carbocycles. The van der Waals surface area contributed by atoms with E-state index in [9.17, 15) is 10.2 Å². The number of aliphatic hydroxyl groups excluding tert-OH is 3. The van der Waals surface area contributed by atoms with Gasteiger partial charge in [-0.25, -0.2) is 0 Å². The molecule has 0 aromatic heterocycles. The van der Waals surface area contributed by atoms with Gasteiger partial charge in [0.1, 0.15) is 6.10 Å². The van der Waals surface area contributed by atoms with Crippen LogP contribution in [0.2, 0.25) is 0 Å². The molecule has 0 radical (unpaired) electrons. The van der Waals surface area contributed by atoms with E-state index < -0.39 is 12.2 Å². The van der Waals surface area contributed by atoms with Gasteiger partial charge in [-0.2, -0.15) is 0 Å². The van der Waals surface area contributed by atoms with E-state index in [2.05, 4.69) is 4.90 Å². The van der Waals surface area contributed by atoms with E-state index in [4.69, 9.17) is 9.84 Å². The van der Waals surface area contributed by atoms with Gasteiger partial charge in [0, 0.05) is 25.4 Å². The average Bonchev–Trinajstić information content (AvgIpc) is 2.48. The van der Waals surface area contributed by atoms with Crippen LogP contribution in [0.1, 0.15) is 18.1 Å². The lowest BCUT2D eigenvalue weighted by Crippen LogP contribution is -2.36. The van der Waals surface area contributed by atoms with Gasteiger partial charge in [0.15, 0.2) is 0 Å². The zero-order chi connectivity index (χ0) is 13.7. The summed E-state index contributed by atoms with van der Waals surface area (Å²) in [5.41, 5.74) is 1.76. The van der Waals surface area contributed by atoms with Gasteiger partial charge in [0.05, 0.1) is 19.3 Å². The molecule has 1 saturated heterocycles. The Kier molecular flexibility index (Phi) is 5.15. The number of nitrogens with zero attached hydrogens (tertiary/aromatic N) is 1. The Morgan fingerprint density at radius 1 is 1.11 bits per heavy atom. The standard InChI is InChI=1S/C14H21NO4/c16-8-5-13(17)14(18)11-1-3-12(4-2-11)15-6-9-19-10-7-15/h1-4,13-14,16-18H,5-10H2. The SMILES string of the molecule is OCCC(O)C(O)c1ccc(N2CCOCC2)cc1. The third kappa shape index (κ3) is 3.67. The van der Waals surface area contributed by atoms with Crippen LogP contribution in [-0.4, -0.2) is 54.3 Å². The summed E-state index contributed by atoms with van der Waals surface area (Å²) in [5, 5.41) is 28.3. The highest BCUT2D eigenvalue weighted by Gasteiger charge is 2.18. The van der Waals surface area contributed by atoms with Gasteiger partial charge in [-0.1, -0.05) is 12.1 Å². The van der Waals surface area contributed by atoms with Crippen molar-refractivity contribution >= 4 is 5.69 Å². The van der Waals surface area contributed by atoms with Gasteiger partial charge in [-0.05, 0) is 24.1 Å². The summed E-state index contributed by atoms with van der Waals surface area (Å²) in [4.78, 5) is 2.23. The number of anilines is 1. The van der Waals surface area contributed by atoms with E-state index >= 15 is 0 Å². The van der Waals surface area contributed by atoms with E-state index in [0.717, 1.165) is 32.0 Å². The summed E-state index contributed by atoms with van der Waals surface area (Å²) >= 11 is 0. The van der Waals surface area contributed by atoms with Gasteiger partial charge < -0.3 is 25.0 Å². The first kappa shape index (κ1) is 14.3. The molecule has 0 bridgehead atoms. The maximum absolute atomic E-state index is 9.93. The second-order valence-electron chi connectivity index (χ2n) is 4.72. The quantitative estimate of drug-likeness (QED) is 0.715. The third-order valence-corrected chi connectivity index (χ3v) is 3.40. The average molecular weight is 267 g/mol. The van der Waals surface area contributed by atoms with Gasteiger partial charge in [-0.15, -0.1) is 0 Å². The van der Waals surface area contributed by atoms with Crippen LogP contribution >= 0.6 is 0 Å². The molecule has 0 saturated carbocycles. The molecule has 1 fully saturated rings. The molecule has 2 atom stereocenters. The topological polar surface area (TPSA) is 73.2 Å². The predicted octanol–water partition coefficient (Wildman–Crippen LogP) is 0.300. The van der Waals surface area contributed by atoms with Crippen molar-refractivity contribution in [2.24, 2.45) is 0 Å². The first-order valence-corrected chi connectivity index (χ1v) is 6.62. The molecule has 19 heavy (non-hydrogen) atoms. The minimum atomic E-state index is -0.953. The minimum absolute atomic E-state index is 0.135. The van der Waals surface area contributed by atoms with Crippen molar-refractivity contribution in [3.05, 3.63) is 29.8 Å². The van der Waals surface area contributed by atoms with Crippen molar-refractivity contribution in [3.8, 4) is 0 Å². The lowest BCUT2D eigenvalue weighted by atomic mass is 10.0. The van der Waals surface area contributed by atoms with Gasteiger partial charge in [-0.3, -0.25) is 0 Å². The van der Waals surface area contributed by atoms with Crippen LogP contribution in [0.3, 0.4) is 0 Å². The Balaban J connectivity index is 2.01. The maximum atomic E-state index is 9.93. The summed E-state index contributed by atoms with van der Waals surface area (Å²) in [6.07, 6.45) is -1.71. The van der Waals surface area contributed by atoms with Crippen LogP contribution in [0.15, 0.2) is 24.3 Å².